The number of hydrogen-bond acceptors (Lipinski definition) is 5. The van der Waals surface area contributed by atoms with Crippen LogP contribution >= 0.6 is 0 Å². The molecule has 1 N–H and O–H groups in total. The lowest BCUT2D eigenvalue weighted by atomic mass is 9.87. The fourth-order valence-electron chi connectivity index (χ4n) is 4.91. The molecule has 1 aliphatic heterocycles. The van der Waals surface area contributed by atoms with Crippen LogP contribution < -0.4 is 15.0 Å². The number of methoxy groups -OCH3 is 2. The number of amides is 1. The van der Waals surface area contributed by atoms with Crippen molar-refractivity contribution in [2.24, 2.45) is 0 Å². The summed E-state index contributed by atoms with van der Waals surface area (Å²) in [6.45, 7) is 4.48. The molecule has 35 heavy (non-hydrogen) atoms. The number of nitrogens with zero attached hydrogens (tertiary/aromatic N) is 2. The summed E-state index contributed by atoms with van der Waals surface area (Å²) in [5.74, 6) is 1.02. The Labute approximate surface area is 203 Å². The van der Waals surface area contributed by atoms with E-state index in [-0.39, 0.29) is 11.5 Å². The molecule has 4 aromatic rings. The van der Waals surface area contributed by atoms with Crippen LogP contribution in [0.25, 0.3) is 10.9 Å². The minimum absolute atomic E-state index is 0.155. The standard InChI is InChI=1S/C28H27N3O4/c1-16-5-6-20-13-22(27(32)30-25(20)17(16)2)26-21-15-24(35-4)23(34-3)14-19(21)9-12-31(26)28(33)18-7-10-29-11-8-18/h5-8,10-11,13-15,26H,9,12H2,1-4H3,(H,30,32)/t26-/m0/s1. The molecule has 0 spiro atoms. The number of fused-ring (bicyclic) bond motifs is 2. The lowest BCUT2D eigenvalue weighted by Gasteiger charge is -2.38. The van der Waals surface area contributed by atoms with Crippen LogP contribution in [-0.2, 0) is 6.42 Å². The van der Waals surface area contributed by atoms with Crippen LogP contribution in [0, 0.1) is 13.8 Å². The Morgan fingerprint density at radius 1 is 1.00 bits per heavy atom. The van der Waals surface area contributed by atoms with E-state index >= 15 is 0 Å². The number of rotatable bonds is 4. The fraction of sp³-hybridized carbons (Fsp3) is 0.250. The van der Waals surface area contributed by atoms with Gasteiger partial charge in [0.2, 0.25) is 0 Å². The lowest BCUT2D eigenvalue weighted by Crippen LogP contribution is -2.42. The fourth-order valence-corrected chi connectivity index (χ4v) is 4.91. The highest BCUT2D eigenvalue weighted by atomic mass is 16.5. The molecular formula is C28H27N3O4. The summed E-state index contributed by atoms with van der Waals surface area (Å²) in [5, 5.41) is 0.923. The van der Waals surface area contributed by atoms with E-state index in [2.05, 4.69) is 9.97 Å². The Hall–Kier alpha value is -4.13. The van der Waals surface area contributed by atoms with Crippen molar-refractivity contribution in [3.63, 3.8) is 0 Å². The Balaban J connectivity index is 1.75. The van der Waals surface area contributed by atoms with Gasteiger partial charge in [-0.3, -0.25) is 14.6 Å². The average molecular weight is 470 g/mol. The predicted molar refractivity (Wildman–Crippen MR) is 134 cm³/mol. The second-order valence-corrected chi connectivity index (χ2v) is 8.82. The van der Waals surface area contributed by atoms with Crippen molar-refractivity contribution in [3.05, 3.63) is 98.6 Å². The molecule has 0 unspecified atom stereocenters. The molecule has 0 radical (unpaired) electrons. The number of aryl methyl sites for hydroxylation is 2. The van der Waals surface area contributed by atoms with Gasteiger partial charge in [-0.1, -0.05) is 12.1 Å². The van der Waals surface area contributed by atoms with Gasteiger partial charge < -0.3 is 19.4 Å². The predicted octanol–water partition coefficient (Wildman–Crippen LogP) is 4.35. The van der Waals surface area contributed by atoms with Crippen molar-refractivity contribution in [3.8, 4) is 11.5 Å². The molecule has 7 nitrogen and oxygen atoms in total. The largest absolute Gasteiger partial charge is 0.493 e. The van der Waals surface area contributed by atoms with E-state index in [1.807, 2.05) is 44.2 Å². The van der Waals surface area contributed by atoms with Crippen LogP contribution in [-0.4, -0.2) is 41.5 Å². The number of carbonyl (C=O) groups is 1. The van der Waals surface area contributed by atoms with E-state index in [4.69, 9.17) is 9.47 Å². The summed E-state index contributed by atoms with van der Waals surface area (Å²) in [6.07, 6.45) is 3.83. The quantitative estimate of drug-likeness (QED) is 0.481. The Morgan fingerprint density at radius 3 is 2.43 bits per heavy atom. The van der Waals surface area contributed by atoms with Gasteiger partial charge in [0, 0.05) is 30.1 Å². The van der Waals surface area contributed by atoms with E-state index in [1.165, 1.54) is 0 Å². The molecule has 0 bridgehead atoms. The van der Waals surface area contributed by atoms with Crippen molar-refractivity contribution >= 4 is 16.8 Å². The van der Waals surface area contributed by atoms with Crippen molar-refractivity contribution in [2.45, 2.75) is 26.3 Å². The first-order valence-electron chi connectivity index (χ1n) is 11.5. The van der Waals surface area contributed by atoms with Gasteiger partial charge in [0.25, 0.3) is 11.5 Å². The minimum Gasteiger partial charge on any atom is -0.493 e. The summed E-state index contributed by atoms with van der Waals surface area (Å²) < 4.78 is 11.1. The van der Waals surface area contributed by atoms with Crippen LogP contribution in [0.3, 0.4) is 0 Å². The van der Waals surface area contributed by atoms with Crippen LogP contribution in [0.15, 0.2) is 59.7 Å². The minimum atomic E-state index is -0.589. The number of ether oxygens (including phenoxy) is 2. The zero-order valence-electron chi connectivity index (χ0n) is 20.2. The summed E-state index contributed by atoms with van der Waals surface area (Å²) >= 11 is 0. The summed E-state index contributed by atoms with van der Waals surface area (Å²) in [6, 6.07) is 12.6. The SMILES string of the molecule is COc1cc2c(cc1OC)[C@@H](c1cc3ccc(C)c(C)c3[nH]c1=O)N(C(=O)c1ccncc1)CC2. The number of H-pyrrole nitrogens is 1. The second kappa shape index (κ2) is 8.91. The molecule has 3 heterocycles. The molecule has 1 amide bonds. The molecular weight excluding hydrogens is 442 g/mol. The maximum atomic E-state index is 13.7. The summed E-state index contributed by atoms with van der Waals surface area (Å²) in [5.41, 5.74) is 5.65. The van der Waals surface area contributed by atoms with E-state index in [1.54, 1.807) is 43.6 Å². The smallest absolute Gasteiger partial charge is 0.254 e. The molecule has 7 heteroatoms. The topological polar surface area (TPSA) is 84.5 Å². The van der Waals surface area contributed by atoms with Gasteiger partial charge in [-0.15, -0.1) is 0 Å². The first-order chi connectivity index (χ1) is 16.9. The number of aromatic nitrogens is 2. The Kier molecular flexibility index (Phi) is 5.76. The van der Waals surface area contributed by atoms with Gasteiger partial charge in [0.15, 0.2) is 11.5 Å². The van der Waals surface area contributed by atoms with Gasteiger partial charge in [0.1, 0.15) is 0 Å². The first kappa shape index (κ1) is 22.7. The van der Waals surface area contributed by atoms with Gasteiger partial charge in [0.05, 0.1) is 25.8 Å². The van der Waals surface area contributed by atoms with Gasteiger partial charge >= 0.3 is 0 Å². The maximum absolute atomic E-state index is 13.7. The van der Waals surface area contributed by atoms with Crippen molar-refractivity contribution in [1.29, 1.82) is 0 Å². The molecule has 2 aromatic carbocycles. The summed E-state index contributed by atoms with van der Waals surface area (Å²) in [4.78, 5) is 36.1. The molecule has 178 valence electrons. The highest BCUT2D eigenvalue weighted by molar-refractivity contribution is 5.95. The van der Waals surface area contributed by atoms with Gasteiger partial charge in [-0.05, 0) is 78.2 Å². The van der Waals surface area contributed by atoms with Crippen molar-refractivity contribution in [2.75, 3.05) is 20.8 Å². The number of hydrogen-bond donors (Lipinski definition) is 1. The number of benzene rings is 2. The third-order valence-corrected chi connectivity index (χ3v) is 6.94. The van der Waals surface area contributed by atoms with E-state index in [9.17, 15) is 9.59 Å². The molecule has 2 aromatic heterocycles. The van der Waals surface area contributed by atoms with Crippen molar-refractivity contribution in [1.82, 2.24) is 14.9 Å². The molecule has 0 aliphatic carbocycles. The Bertz CT molecular complexity index is 1490. The molecule has 1 atom stereocenters. The van der Waals surface area contributed by atoms with E-state index < -0.39 is 6.04 Å². The summed E-state index contributed by atoms with van der Waals surface area (Å²) in [7, 11) is 3.18. The Morgan fingerprint density at radius 2 is 1.71 bits per heavy atom. The van der Waals surface area contributed by atoms with Crippen LogP contribution in [0.2, 0.25) is 0 Å². The van der Waals surface area contributed by atoms with Crippen LogP contribution in [0.4, 0.5) is 0 Å². The normalized spacial score (nSPS) is 15.1. The molecule has 5 rings (SSSR count). The lowest BCUT2D eigenvalue weighted by molar-refractivity contribution is 0.0693. The third-order valence-electron chi connectivity index (χ3n) is 6.94. The van der Waals surface area contributed by atoms with E-state index in [0.717, 1.165) is 33.2 Å². The number of carbonyl (C=O) groups excluding carboxylic acids is 1. The first-order valence-corrected chi connectivity index (χ1v) is 11.5. The van der Waals surface area contributed by atoms with E-state index in [0.29, 0.717) is 35.6 Å². The molecule has 0 saturated heterocycles. The van der Waals surface area contributed by atoms with Crippen LogP contribution in [0.5, 0.6) is 11.5 Å². The molecule has 1 aliphatic rings. The zero-order valence-corrected chi connectivity index (χ0v) is 20.2. The van der Waals surface area contributed by atoms with Gasteiger partial charge in [-0.25, -0.2) is 0 Å². The molecule has 0 saturated carbocycles. The number of pyridine rings is 2. The maximum Gasteiger partial charge on any atom is 0.254 e. The number of aromatic amines is 1. The monoisotopic (exact) mass is 469 g/mol. The van der Waals surface area contributed by atoms with Gasteiger partial charge in [-0.2, -0.15) is 0 Å². The second-order valence-electron chi connectivity index (χ2n) is 8.82. The average Bonchev–Trinajstić information content (AvgIpc) is 2.89. The van der Waals surface area contributed by atoms with Crippen LogP contribution in [0.1, 0.15) is 44.2 Å². The highest BCUT2D eigenvalue weighted by Gasteiger charge is 2.35. The molecule has 0 fully saturated rings. The highest BCUT2D eigenvalue weighted by Crippen LogP contribution is 2.41. The van der Waals surface area contributed by atoms with Crippen molar-refractivity contribution < 1.29 is 14.3 Å². The zero-order chi connectivity index (χ0) is 24.7. The third kappa shape index (κ3) is 3.83. The number of nitrogens with one attached hydrogen (secondary N) is 1.